The number of alkyl halides is 2. The highest BCUT2D eigenvalue weighted by Crippen LogP contribution is 2.39. The lowest BCUT2D eigenvalue weighted by molar-refractivity contribution is -0.0387. The van der Waals surface area contributed by atoms with Crippen LogP contribution in [0, 0.1) is 0 Å². The van der Waals surface area contributed by atoms with Crippen LogP contribution in [0.1, 0.15) is 56.6 Å². The second-order valence-corrected chi connectivity index (χ2v) is 4.52. The zero-order valence-electron chi connectivity index (χ0n) is 9.47. The van der Waals surface area contributed by atoms with E-state index in [9.17, 15) is 8.78 Å². The van der Waals surface area contributed by atoms with E-state index < -0.39 is 5.92 Å². The van der Waals surface area contributed by atoms with Crippen molar-refractivity contribution in [3.8, 4) is 0 Å². The molecule has 1 aromatic heterocycles. The normalized spacial score (nSPS) is 21.2. The van der Waals surface area contributed by atoms with Gasteiger partial charge < -0.3 is 0 Å². The molecule has 0 aliphatic heterocycles. The van der Waals surface area contributed by atoms with E-state index in [0.29, 0.717) is 12.8 Å². The van der Waals surface area contributed by atoms with Crippen LogP contribution >= 0.6 is 0 Å². The Morgan fingerprint density at radius 2 is 2.06 bits per heavy atom. The third-order valence-corrected chi connectivity index (χ3v) is 3.12. The molecule has 0 amide bonds. The molecule has 2 rings (SSSR count). The van der Waals surface area contributed by atoms with Crippen LogP contribution in [0.15, 0.2) is 0 Å². The summed E-state index contributed by atoms with van der Waals surface area (Å²) in [5.74, 6) is -0.769. The van der Waals surface area contributed by atoms with Crippen LogP contribution in [0.2, 0.25) is 0 Å². The zero-order chi connectivity index (χ0) is 11.6. The fourth-order valence-electron chi connectivity index (χ4n) is 2.14. The van der Waals surface area contributed by atoms with Crippen LogP contribution in [-0.4, -0.2) is 21.1 Å². The fraction of sp³-hybridized carbons (Fsp3) is 0.818. The number of nitrogens with zero attached hydrogens (tertiary/aromatic N) is 2. The third-order valence-electron chi connectivity index (χ3n) is 3.12. The number of aromatic nitrogens is 3. The summed E-state index contributed by atoms with van der Waals surface area (Å²) in [6, 6.07) is 0. The van der Waals surface area contributed by atoms with Crippen molar-refractivity contribution in [2.75, 3.05) is 0 Å². The SMILES string of the molecule is CCCc1nc(C2CCC(F)(F)CC2)n[nH]1. The number of halogens is 2. The largest absolute Gasteiger partial charge is 0.263 e. The van der Waals surface area contributed by atoms with Gasteiger partial charge in [-0.25, -0.2) is 13.8 Å². The zero-order valence-corrected chi connectivity index (χ0v) is 9.47. The summed E-state index contributed by atoms with van der Waals surface area (Å²) < 4.78 is 25.9. The Labute approximate surface area is 93.7 Å². The van der Waals surface area contributed by atoms with Crippen molar-refractivity contribution < 1.29 is 8.78 Å². The maximum absolute atomic E-state index is 13.0. The van der Waals surface area contributed by atoms with Gasteiger partial charge in [-0.2, -0.15) is 5.10 Å². The second kappa shape index (κ2) is 4.47. The molecule has 1 N–H and O–H groups in total. The van der Waals surface area contributed by atoms with Gasteiger partial charge in [-0.3, -0.25) is 5.10 Å². The van der Waals surface area contributed by atoms with Crippen molar-refractivity contribution in [2.24, 2.45) is 0 Å². The molecule has 3 nitrogen and oxygen atoms in total. The van der Waals surface area contributed by atoms with Crippen LogP contribution in [0.3, 0.4) is 0 Å². The van der Waals surface area contributed by atoms with Crippen molar-refractivity contribution in [3.63, 3.8) is 0 Å². The van der Waals surface area contributed by atoms with E-state index in [1.165, 1.54) is 0 Å². The summed E-state index contributed by atoms with van der Waals surface area (Å²) in [5.41, 5.74) is 0. The summed E-state index contributed by atoms with van der Waals surface area (Å²) in [7, 11) is 0. The molecule has 16 heavy (non-hydrogen) atoms. The topological polar surface area (TPSA) is 41.6 Å². The molecule has 90 valence electrons. The predicted octanol–water partition coefficient (Wildman–Crippen LogP) is 3.05. The van der Waals surface area contributed by atoms with Gasteiger partial charge >= 0.3 is 0 Å². The van der Waals surface area contributed by atoms with E-state index in [0.717, 1.165) is 24.5 Å². The molecule has 0 bridgehead atoms. The minimum atomic E-state index is -2.47. The first kappa shape index (κ1) is 11.5. The molecule has 1 aromatic rings. The van der Waals surface area contributed by atoms with Crippen molar-refractivity contribution >= 4 is 0 Å². The first-order valence-corrected chi connectivity index (χ1v) is 5.90. The lowest BCUT2D eigenvalue weighted by Crippen LogP contribution is -2.24. The van der Waals surface area contributed by atoms with Crippen LogP contribution in [0.5, 0.6) is 0 Å². The number of nitrogens with one attached hydrogen (secondary N) is 1. The minimum Gasteiger partial charge on any atom is -0.263 e. The molecule has 0 atom stereocenters. The summed E-state index contributed by atoms with van der Waals surface area (Å²) >= 11 is 0. The van der Waals surface area contributed by atoms with Gasteiger partial charge in [-0.15, -0.1) is 0 Å². The molecule has 0 aromatic carbocycles. The molecule has 0 radical (unpaired) electrons. The summed E-state index contributed by atoms with van der Waals surface area (Å²) in [6.45, 7) is 2.07. The molecule has 0 saturated heterocycles. The van der Waals surface area contributed by atoms with E-state index in [2.05, 4.69) is 22.1 Å². The number of rotatable bonds is 3. The molecule has 1 saturated carbocycles. The number of H-pyrrole nitrogens is 1. The average molecular weight is 229 g/mol. The molecule has 1 heterocycles. The molecule has 1 aliphatic carbocycles. The molecule has 1 aliphatic rings. The monoisotopic (exact) mass is 229 g/mol. The van der Waals surface area contributed by atoms with Gasteiger partial charge in [0.15, 0.2) is 5.82 Å². The Balaban J connectivity index is 1.97. The summed E-state index contributed by atoms with van der Waals surface area (Å²) in [6.07, 6.45) is 2.81. The maximum Gasteiger partial charge on any atom is 0.248 e. The van der Waals surface area contributed by atoms with E-state index in [-0.39, 0.29) is 18.8 Å². The Hall–Kier alpha value is -1.00. The summed E-state index contributed by atoms with van der Waals surface area (Å²) in [4.78, 5) is 4.36. The highest BCUT2D eigenvalue weighted by Gasteiger charge is 2.36. The Morgan fingerprint density at radius 3 is 2.69 bits per heavy atom. The predicted molar refractivity (Wildman–Crippen MR) is 56.5 cm³/mol. The first-order chi connectivity index (χ1) is 7.61. The smallest absolute Gasteiger partial charge is 0.248 e. The lowest BCUT2D eigenvalue weighted by atomic mass is 9.86. The Morgan fingerprint density at radius 1 is 1.38 bits per heavy atom. The van der Waals surface area contributed by atoms with Gasteiger partial charge in [0.1, 0.15) is 5.82 Å². The highest BCUT2D eigenvalue weighted by molar-refractivity contribution is 5.00. The first-order valence-electron chi connectivity index (χ1n) is 5.90. The number of aromatic amines is 1. The van der Waals surface area contributed by atoms with Crippen LogP contribution < -0.4 is 0 Å². The van der Waals surface area contributed by atoms with Gasteiger partial charge in [-0.05, 0) is 19.3 Å². The van der Waals surface area contributed by atoms with Gasteiger partial charge in [0.2, 0.25) is 5.92 Å². The third kappa shape index (κ3) is 2.57. The molecule has 0 unspecified atom stereocenters. The van der Waals surface area contributed by atoms with E-state index in [1.54, 1.807) is 0 Å². The standard InChI is InChI=1S/C11H17F2N3/c1-2-3-9-14-10(16-15-9)8-4-6-11(12,13)7-5-8/h8H,2-7H2,1H3,(H,14,15,16). The van der Waals surface area contributed by atoms with Gasteiger partial charge in [-0.1, -0.05) is 6.92 Å². The Kier molecular flexibility index (Phi) is 3.21. The second-order valence-electron chi connectivity index (χ2n) is 4.52. The maximum atomic E-state index is 13.0. The van der Waals surface area contributed by atoms with Crippen molar-refractivity contribution in [1.82, 2.24) is 15.2 Å². The van der Waals surface area contributed by atoms with Gasteiger partial charge in [0, 0.05) is 25.2 Å². The lowest BCUT2D eigenvalue weighted by Gasteiger charge is -2.26. The van der Waals surface area contributed by atoms with Gasteiger partial charge in [0.25, 0.3) is 0 Å². The van der Waals surface area contributed by atoms with Crippen molar-refractivity contribution in [2.45, 2.75) is 57.3 Å². The molecule has 5 heteroatoms. The van der Waals surface area contributed by atoms with Crippen LogP contribution in [0.4, 0.5) is 8.78 Å². The van der Waals surface area contributed by atoms with E-state index >= 15 is 0 Å². The highest BCUT2D eigenvalue weighted by atomic mass is 19.3. The van der Waals surface area contributed by atoms with Crippen molar-refractivity contribution in [3.05, 3.63) is 11.6 Å². The fourth-order valence-corrected chi connectivity index (χ4v) is 2.14. The van der Waals surface area contributed by atoms with E-state index in [1.807, 2.05) is 0 Å². The van der Waals surface area contributed by atoms with Crippen LogP contribution in [-0.2, 0) is 6.42 Å². The molecular formula is C11H17F2N3. The Bertz CT molecular complexity index is 339. The quantitative estimate of drug-likeness (QED) is 0.865. The van der Waals surface area contributed by atoms with Crippen molar-refractivity contribution in [1.29, 1.82) is 0 Å². The van der Waals surface area contributed by atoms with Crippen LogP contribution in [0.25, 0.3) is 0 Å². The molecule has 1 fully saturated rings. The molecular weight excluding hydrogens is 212 g/mol. The minimum absolute atomic E-state index is 0.0324. The number of hydrogen-bond donors (Lipinski definition) is 1. The van der Waals surface area contributed by atoms with E-state index in [4.69, 9.17) is 0 Å². The van der Waals surface area contributed by atoms with Gasteiger partial charge in [0.05, 0.1) is 0 Å². The number of hydrogen-bond acceptors (Lipinski definition) is 2. The average Bonchev–Trinajstić information content (AvgIpc) is 2.67. The summed E-state index contributed by atoms with van der Waals surface area (Å²) in [5, 5.41) is 7.00. The molecule has 0 spiro atoms. The number of aryl methyl sites for hydroxylation is 1.